The highest BCUT2D eigenvalue weighted by Crippen LogP contribution is 2.11. The first-order chi connectivity index (χ1) is 12.0. The van der Waals surface area contributed by atoms with Gasteiger partial charge in [0.25, 0.3) is 0 Å². The number of benzene rings is 2. The molecule has 0 aromatic heterocycles. The Labute approximate surface area is 148 Å². The van der Waals surface area contributed by atoms with Crippen LogP contribution in [0.15, 0.2) is 48.5 Å². The number of carbonyl (C=O) groups excluding carboxylic acids is 1. The number of rotatable bonds is 7. The fraction of sp³-hybridized carbons (Fsp3) is 0.300. The minimum Gasteiger partial charge on any atom is -0.337 e. The molecule has 0 N–H and O–H groups in total. The first-order valence-electron chi connectivity index (χ1n) is 8.14. The SMILES string of the molecule is CN(C)CCN(Cc1ccc(C#N)cc1)C(=O)Cc1ccc(F)cc1. The second kappa shape index (κ2) is 8.95. The van der Waals surface area contributed by atoms with Gasteiger partial charge >= 0.3 is 0 Å². The number of nitrogens with zero attached hydrogens (tertiary/aromatic N) is 3. The molecular formula is C20H22FN3O. The Morgan fingerprint density at radius 1 is 1.00 bits per heavy atom. The van der Waals surface area contributed by atoms with Crippen LogP contribution in [0.25, 0.3) is 0 Å². The topological polar surface area (TPSA) is 47.3 Å². The Morgan fingerprint density at radius 2 is 1.60 bits per heavy atom. The van der Waals surface area contributed by atoms with E-state index in [2.05, 4.69) is 6.07 Å². The zero-order valence-corrected chi connectivity index (χ0v) is 14.6. The summed E-state index contributed by atoms with van der Waals surface area (Å²) in [5.41, 5.74) is 2.37. The van der Waals surface area contributed by atoms with Gasteiger partial charge in [-0.2, -0.15) is 5.26 Å². The quantitative estimate of drug-likeness (QED) is 0.779. The largest absolute Gasteiger partial charge is 0.337 e. The molecule has 2 rings (SSSR count). The van der Waals surface area contributed by atoms with Gasteiger partial charge in [0.2, 0.25) is 5.91 Å². The van der Waals surface area contributed by atoms with E-state index in [-0.39, 0.29) is 18.1 Å². The summed E-state index contributed by atoms with van der Waals surface area (Å²) in [4.78, 5) is 16.5. The maximum Gasteiger partial charge on any atom is 0.227 e. The van der Waals surface area contributed by atoms with Gasteiger partial charge in [0.05, 0.1) is 18.1 Å². The molecule has 2 aromatic rings. The molecule has 2 aromatic carbocycles. The molecule has 0 atom stereocenters. The van der Waals surface area contributed by atoms with Gasteiger partial charge in [0.15, 0.2) is 0 Å². The Kier molecular flexibility index (Phi) is 6.67. The second-order valence-corrected chi connectivity index (χ2v) is 6.23. The van der Waals surface area contributed by atoms with Crippen molar-refractivity contribution in [3.63, 3.8) is 0 Å². The van der Waals surface area contributed by atoms with E-state index in [1.807, 2.05) is 31.1 Å². The summed E-state index contributed by atoms with van der Waals surface area (Å²) < 4.78 is 13.0. The van der Waals surface area contributed by atoms with Crippen LogP contribution in [0, 0.1) is 17.1 Å². The predicted octanol–water partition coefficient (Wildman–Crippen LogP) is 2.83. The van der Waals surface area contributed by atoms with Crippen LogP contribution >= 0.6 is 0 Å². The maximum absolute atomic E-state index is 13.0. The van der Waals surface area contributed by atoms with E-state index in [1.54, 1.807) is 29.2 Å². The Balaban J connectivity index is 2.08. The average molecular weight is 339 g/mol. The molecule has 0 aliphatic carbocycles. The molecule has 0 saturated carbocycles. The molecule has 0 aliphatic heterocycles. The number of likely N-dealkylation sites (N-methyl/N-ethyl adjacent to an activating group) is 1. The molecule has 0 unspecified atom stereocenters. The third-order valence-electron chi connectivity index (χ3n) is 3.89. The normalized spacial score (nSPS) is 10.5. The minimum atomic E-state index is -0.307. The first kappa shape index (κ1) is 18.6. The highest BCUT2D eigenvalue weighted by atomic mass is 19.1. The number of nitriles is 1. The number of halogens is 1. The third kappa shape index (κ3) is 6.02. The Morgan fingerprint density at radius 3 is 2.16 bits per heavy atom. The minimum absolute atomic E-state index is 0.00202. The van der Waals surface area contributed by atoms with Crippen molar-refractivity contribution >= 4 is 5.91 Å². The van der Waals surface area contributed by atoms with E-state index in [0.29, 0.717) is 18.7 Å². The molecule has 0 spiro atoms. The van der Waals surface area contributed by atoms with Crippen LogP contribution in [0.3, 0.4) is 0 Å². The van der Waals surface area contributed by atoms with Crippen LogP contribution in [0.2, 0.25) is 0 Å². The molecule has 0 bridgehead atoms. The second-order valence-electron chi connectivity index (χ2n) is 6.23. The summed E-state index contributed by atoms with van der Waals surface area (Å²) in [6.45, 7) is 1.85. The molecule has 5 heteroatoms. The van der Waals surface area contributed by atoms with E-state index in [4.69, 9.17) is 5.26 Å². The summed E-state index contributed by atoms with van der Waals surface area (Å²) in [6.07, 6.45) is 0.240. The maximum atomic E-state index is 13.0. The first-order valence-corrected chi connectivity index (χ1v) is 8.14. The van der Waals surface area contributed by atoms with Gasteiger partial charge in [-0.15, -0.1) is 0 Å². The molecule has 1 amide bonds. The number of hydrogen-bond donors (Lipinski definition) is 0. The third-order valence-corrected chi connectivity index (χ3v) is 3.89. The summed E-state index contributed by atoms with van der Waals surface area (Å²) in [7, 11) is 3.93. The standard InChI is InChI=1S/C20H22FN3O/c1-23(2)11-12-24(15-18-5-3-17(14-22)4-6-18)20(25)13-16-7-9-19(21)10-8-16/h3-10H,11-13,15H2,1-2H3. The molecule has 0 heterocycles. The van der Waals surface area contributed by atoms with Crippen molar-refractivity contribution < 1.29 is 9.18 Å². The predicted molar refractivity (Wildman–Crippen MR) is 95.2 cm³/mol. The van der Waals surface area contributed by atoms with Gasteiger partial charge in [-0.05, 0) is 49.5 Å². The lowest BCUT2D eigenvalue weighted by Crippen LogP contribution is -2.37. The molecule has 0 aliphatic rings. The number of amides is 1. The molecule has 25 heavy (non-hydrogen) atoms. The van der Waals surface area contributed by atoms with Gasteiger partial charge in [-0.3, -0.25) is 4.79 Å². The lowest BCUT2D eigenvalue weighted by molar-refractivity contribution is -0.131. The van der Waals surface area contributed by atoms with Crippen LogP contribution in [0.4, 0.5) is 4.39 Å². The average Bonchev–Trinajstić information content (AvgIpc) is 2.60. The summed E-state index contributed by atoms with van der Waals surface area (Å²) >= 11 is 0. The van der Waals surface area contributed by atoms with Crippen molar-refractivity contribution in [3.8, 4) is 6.07 Å². The van der Waals surface area contributed by atoms with E-state index < -0.39 is 0 Å². The van der Waals surface area contributed by atoms with Crippen molar-refractivity contribution in [2.75, 3.05) is 27.2 Å². The van der Waals surface area contributed by atoms with Crippen LogP contribution in [0.5, 0.6) is 0 Å². The van der Waals surface area contributed by atoms with Gasteiger partial charge in [0.1, 0.15) is 5.82 Å². The van der Waals surface area contributed by atoms with E-state index in [1.165, 1.54) is 12.1 Å². The summed E-state index contributed by atoms with van der Waals surface area (Å²) in [6, 6.07) is 15.3. The van der Waals surface area contributed by atoms with Gasteiger partial charge in [0, 0.05) is 19.6 Å². The highest BCUT2D eigenvalue weighted by Gasteiger charge is 2.15. The van der Waals surface area contributed by atoms with E-state index >= 15 is 0 Å². The van der Waals surface area contributed by atoms with Crippen LogP contribution in [-0.2, 0) is 17.8 Å². The van der Waals surface area contributed by atoms with Crippen molar-refractivity contribution in [1.82, 2.24) is 9.80 Å². The fourth-order valence-electron chi connectivity index (χ4n) is 2.41. The molecule has 4 nitrogen and oxygen atoms in total. The molecule has 0 saturated heterocycles. The molecule has 0 radical (unpaired) electrons. The van der Waals surface area contributed by atoms with Crippen LogP contribution < -0.4 is 0 Å². The highest BCUT2D eigenvalue weighted by molar-refractivity contribution is 5.78. The monoisotopic (exact) mass is 339 g/mol. The van der Waals surface area contributed by atoms with Crippen LogP contribution in [0.1, 0.15) is 16.7 Å². The summed E-state index contributed by atoms with van der Waals surface area (Å²) in [5.74, 6) is -0.309. The summed E-state index contributed by atoms with van der Waals surface area (Å²) in [5, 5.41) is 8.88. The lowest BCUT2D eigenvalue weighted by atomic mass is 10.1. The fourth-order valence-corrected chi connectivity index (χ4v) is 2.41. The Hall–Kier alpha value is -2.71. The zero-order chi connectivity index (χ0) is 18.2. The van der Waals surface area contributed by atoms with E-state index in [0.717, 1.165) is 17.7 Å². The van der Waals surface area contributed by atoms with Crippen molar-refractivity contribution in [2.24, 2.45) is 0 Å². The van der Waals surface area contributed by atoms with Gasteiger partial charge in [-0.1, -0.05) is 24.3 Å². The van der Waals surface area contributed by atoms with Crippen LogP contribution in [-0.4, -0.2) is 42.9 Å². The van der Waals surface area contributed by atoms with Crippen molar-refractivity contribution in [1.29, 1.82) is 5.26 Å². The molecular weight excluding hydrogens is 317 g/mol. The molecule has 0 fully saturated rings. The molecule has 130 valence electrons. The number of carbonyl (C=O) groups is 1. The zero-order valence-electron chi connectivity index (χ0n) is 14.6. The van der Waals surface area contributed by atoms with Crippen molar-refractivity contribution in [2.45, 2.75) is 13.0 Å². The van der Waals surface area contributed by atoms with Crippen molar-refractivity contribution in [3.05, 3.63) is 71.0 Å². The smallest absolute Gasteiger partial charge is 0.227 e. The Bertz CT molecular complexity index is 733. The van der Waals surface area contributed by atoms with E-state index in [9.17, 15) is 9.18 Å². The van der Waals surface area contributed by atoms with Gasteiger partial charge in [-0.25, -0.2) is 4.39 Å². The lowest BCUT2D eigenvalue weighted by Gasteiger charge is -2.25. The van der Waals surface area contributed by atoms with Gasteiger partial charge < -0.3 is 9.80 Å². The number of hydrogen-bond acceptors (Lipinski definition) is 3.